The van der Waals surface area contributed by atoms with E-state index in [1.165, 1.54) is 5.01 Å². The number of piperazine rings is 1. The Bertz CT molecular complexity index is 1640. The maximum Gasteiger partial charge on any atom is 0.416 e. The van der Waals surface area contributed by atoms with Gasteiger partial charge in [0.2, 0.25) is 17.6 Å². The maximum absolute atomic E-state index is 14.4. The Balaban J connectivity index is 1.26. The third-order valence-electron chi connectivity index (χ3n) is 9.02. The molecule has 0 aromatic heterocycles. The monoisotopic (exact) mass is 706 g/mol. The standard InChI is InChI=1S/C31H38ClF3N10O4/c1-4-24-27(42-11-9-41(10-12-42)26(47)17-43-19-40(3)18-36-43)29(48)45-30(2,38-28(39-45)20-7-13-49-14-8-20)44(24)16-25(46)37-23-6-5-21(15-22(23)32)31(33,34)35/h5-7,15,18H,4,8-14,16-17,19H2,1-3H3,(H,37,46)(H,38,39). The van der Waals surface area contributed by atoms with E-state index in [1.807, 2.05) is 29.8 Å². The quantitative estimate of drug-likeness (QED) is 0.419. The molecule has 5 aliphatic heterocycles. The Morgan fingerprint density at radius 3 is 2.53 bits per heavy atom. The van der Waals surface area contributed by atoms with Crippen molar-refractivity contribution in [1.29, 1.82) is 0 Å². The van der Waals surface area contributed by atoms with Crippen molar-refractivity contribution in [3.8, 4) is 0 Å². The minimum atomic E-state index is -4.59. The van der Waals surface area contributed by atoms with Gasteiger partial charge in [-0.2, -0.15) is 18.3 Å². The predicted octanol–water partition coefficient (Wildman–Crippen LogP) is 2.29. The van der Waals surface area contributed by atoms with E-state index in [9.17, 15) is 27.6 Å². The molecule has 2 N–H and O–H groups in total. The van der Waals surface area contributed by atoms with E-state index >= 15 is 0 Å². The van der Waals surface area contributed by atoms with Crippen LogP contribution in [0.25, 0.3) is 0 Å². The van der Waals surface area contributed by atoms with Crippen LogP contribution in [-0.4, -0.2) is 131 Å². The molecular formula is C31H38ClF3N10O4. The second-order valence-electron chi connectivity index (χ2n) is 12.4. The number of allylic oxidation sites excluding steroid dienone is 1. The van der Waals surface area contributed by atoms with Crippen LogP contribution in [0.15, 0.2) is 51.3 Å². The number of fused-ring (bicyclic) bond motifs is 1. The highest BCUT2D eigenvalue weighted by Gasteiger charge is 2.54. The summed E-state index contributed by atoms with van der Waals surface area (Å²) in [6.07, 6.45) is -0.101. The van der Waals surface area contributed by atoms with Crippen molar-refractivity contribution in [3.05, 3.63) is 51.8 Å². The van der Waals surface area contributed by atoms with Gasteiger partial charge in [-0.3, -0.25) is 24.8 Å². The zero-order valence-electron chi connectivity index (χ0n) is 27.4. The summed E-state index contributed by atoms with van der Waals surface area (Å²) in [5.74, 6) is -1.84. The second kappa shape index (κ2) is 13.4. The van der Waals surface area contributed by atoms with Crippen LogP contribution in [0.5, 0.6) is 0 Å². The van der Waals surface area contributed by atoms with Gasteiger partial charge in [-0.05, 0) is 36.6 Å². The molecule has 6 rings (SSSR count). The number of nitrogens with zero attached hydrogens (tertiary/aromatic N) is 8. The number of carbonyl (C=O) groups is 3. The van der Waals surface area contributed by atoms with Crippen molar-refractivity contribution < 1.29 is 32.3 Å². The number of ether oxygens (including phenoxy) is 1. The summed E-state index contributed by atoms with van der Waals surface area (Å²) in [4.78, 5) is 53.2. The summed E-state index contributed by atoms with van der Waals surface area (Å²) in [5, 5.41) is 9.68. The summed E-state index contributed by atoms with van der Waals surface area (Å²) >= 11 is 6.15. The molecule has 0 aliphatic carbocycles. The average molecular weight is 707 g/mol. The van der Waals surface area contributed by atoms with Gasteiger partial charge in [0.15, 0.2) is 0 Å². The number of amides is 3. The predicted molar refractivity (Wildman–Crippen MR) is 174 cm³/mol. The molecule has 0 saturated carbocycles. The third kappa shape index (κ3) is 6.86. The number of rotatable bonds is 8. The Morgan fingerprint density at radius 2 is 1.92 bits per heavy atom. The number of aliphatic imine (C=N–C) groups is 1. The lowest BCUT2D eigenvalue weighted by Gasteiger charge is -2.50. The van der Waals surface area contributed by atoms with Crippen LogP contribution < -0.4 is 10.7 Å². The first-order chi connectivity index (χ1) is 23.3. The first-order valence-electron chi connectivity index (χ1n) is 16.0. The van der Waals surface area contributed by atoms with E-state index in [4.69, 9.17) is 21.3 Å². The van der Waals surface area contributed by atoms with Crippen LogP contribution in [0.3, 0.4) is 0 Å². The highest BCUT2D eigenvalue weighted by molar-refractivity contribution is 6.33. The van der Waals surface area contributed by atoms with E-state index in [0.29, 0.717) is 76.1 Å². The summed E-state index contributed by atoms with van der Waals surface area (Å²) in [6.45, 7) is 6.38. The van der Waals surface area contributed by atoms with Crippen LogP contribution >= 0.6 is 11.6 Å². The molecule has 1 fully saturated rings. The molecule has 14 nitrogen and oxygen atoms in total. The molecule has 0 spiro atoms. The molecule has 5 aliphatic rings. The van der Waals surface area contributed by atoms with Crippen molar-refractivity contribution >= 4 is 47.2 Å². The molecule has 18 heteroatoms. The fourth-order valence-corrected chi connectivity index (χ4v) is 6.71. The van der Waals surface area contributed by atoms with Gasteiger partial charge in [0, 0.05) is 45.8 Å². The molecule has 1 unspecified atom stereocenters. The molecule has 1 saturated heterocycles. The normalized spacial score (nSPS) is 22.8. The van der Waals surface area contributed by atoms with Crippen LogP contribution in [0, 0.1) is 0 Å². The summed E-state index contributed by atoms with van der Waals surface area (Å²) in [6, 6.07) is 2.72. The van der Waals surface area contributed by atoms with Gasteiger partial charge in [-0.25, -0.2) is 10.0 Å². The minimum absolute atomic E-state index is 0.0187. The number of nitrogens with one attached hydrogen (secondary N) is 2. The van der Waals surface area contributed by atoms with Gasteiger partial charge in [0.25, 0.3) is 5.91 Å². The van der Waals surface area contributed by atoms with Crippen LogP contribution in [0.1, 0.15) is 32.3 Å². The van der Waals surface area contributed by atoms with Crippen molar-refractivity contribution in [1.82, 2.24) is 35.0 Å². The first kappa shape index (κ1) is 34.4. The molecule has 1 atom stereocenters. The van der Waals surface area contributed by atoms with Crippen molar-refractivity contribution in [2.45, 2.75) is 38.7 Å². The number of hydrazine groups is 1. The smallest absolute Gasteiger partial charge is 0.377 e. The molecule has 5 heterocycles. The maximum atomic E-state index is 14.4. The van der Waals surface area contributed by atoms with Gasteiger partial charge >= 0.3 is 6.18 Å². The van der Waals surface area contributed by atoms with E-state index in [-0.39, 0.29) is 35.6 Å². The topological polar surface area (TPSA) is 129 Å². The van der Waals surface area contributed by atoms with E-state index in [0.717, 1.165) is 23.8 Å². The van der Waals surface area contributed by atoms with Crippen LogP contribution in [0.2, 0.25) is 5.02 Å². The van der Waals surface area contributed by atoms with Crippen LogP contribution in [-0.2, 0) is 25.3 Å². The van der Waals surface area contributed by atoms with E-state index in [1.54, 1.807) is 28.1 Å². The molecule has 0 radical (unpaired) electrons. The summed E-state index contributed by atoms with van der Waals surface area (Å²) in [5.41, 5.74) is 4.08. The highest BCUT2D eigenvalue weighted by Crippen LogP contribution is 2.40. The molecule has 3 amide bonds. The summed E-state index contributed by atoms with van der Waals surface area (Å²) < 4.78 is 45.1. The summed E-state index contributed by atoms with van der Waals surface area (Å²) in [7, 11) is 1.87. The lowest BCUT2D eigenvalue weighted by atomic mass is 10.1. The number of alkyl halides is 3. The number of hydrazone groups is 1. The van der Waals surface area contributed by atoms with Gasteiger partial charge in [-0.15, -0.1) is 0 Å². The fourth-order valence-electron chi connectivity index (χ4n) is 6.49. The molecule has 264 valence electrons. The zero-order chi connectivity index (χ0) is 35.1. The van der Waals surface area contributed by atoms with Gasteiger partial charge in [-0.1, -0.05) is 24.6 Å². The minimum Gasteiger partial charge on any atom is -0.377 e. The van der Waals surface area contributed by atoms with Crippen molar-refractivity contribution in [2.75, 3.05) is 71.5 Å². The van der Waals surface area contributed by atoms with Crippen molar-refractivity contribution in [3.63, 3.8) is 0 Å². The van der Waals surface area contributed by atoms with Crippen LogP contribution in [0.4, 0.5) is 18.9 Å². The Labute approximate surface area is 286 Å². The van der Waals surface area contributed by atoms with Crippen molar-refractivity contribution in [2.24, 2.45) is 10.1 Å². The number of anilines is 1. The van der Waals surface area contributed by atoms with Gasteiger partial charge in [0.05, 0.1) is 29.5 Å². The number of halogens is 4. The molecular weight excluding hydrogens is 669 g/mol. The molecule has 49 heavy (non-hydrogen) atoms. The SMILES string of the molecule is CCC1=C(N2CCN(C(=O)CN3CN(C)C=N3)CC2)C(=O)N2NC(C3=CCOCC3)=NC2(C)N1CC(=O)Nc1ccc(C(F)(F)F)cc1Cl. The fraction of sp³-hybridized carbons (Fsp3) is 0.516. The Kier molecular flexibility index (Phi) is 9.41. The third-order valence-corrected chi connectivity index (χ3v) is 9.33. The number of carbonyl (C=O) groups excluding carboxylic acids is 3. The largest absolute Gasteiger partial charge is 0.416 e. The molecule has 0 bridgehead atoms. The van der Waals surface area contributed by atoms with E-state index < -0.39 is 23.4 Å². The Hall–Kier alpha value is -4.51. The Morgan fingerprint density at radius 1 is 1.16 bits per heavy atom. The highest BCUT2D eigenvalue weighted by atomic mass is 35.5. The lowest BCUT2D eigenvalue weighted by molar-refractivity contribution is -0.150. The second-order valence-corrected chi connectivity index (χ2v) is 12.8. The lowest BCUT2D eigenvalue weighted by Crippen LogP contribution is -2.66. The number of benzene rings is 1. The number of hydrogen-bond acceptors (Lipinski definition) is 11. The van der Waals surface area contributed by atoms with E-state index in [2.05, 4.69) is 15.8 Å². The first-order valence-corrected chi connectivity index (χ1v) is 16.3. The zero-order valence-corrected chi connectivity index (χ0v) is 28.1. The molecule has 1 aromatic carbocycles. The molecule has 1 aromatic rings. The average Bonchev–Trinajstić information content (AvgIpc) is 3.66. The number of hydrogen-bond donors (Lipinski definition) is 2. The van der Waals surface area contributed by atoms with Gasteiger partial charge in [0.1, 0.15) is 37.6 Å². The number of amidine groups is 1. The van der Waals surface area contributed by atoms with Gasteiger partial charge < -0.3 is 29.7 Å².